The Labute approximate surface area is 118 Å². The monoisotopic (exact) mass is 276 g/mol. The van der Waals surface area contributed by atoms with Crippen LogP contribution in [0.25, 0.3) is 0 Å². The minimum Gasteiger partial charge on any atom is -0.481 e. The van der Waals surface area contributed by atoms with E-state index in [1.807, 2.05) is 31.2 Å². The molecule has 0 bridgehead atoms. The highest BCUT2D eigenvalue weighted by atomic mass is 35.5. The number of nitrogens with one attached hydrogen (secondary N) is 1. The van der Waals surface area contributed by atoms with Crippen LogP contribution in [0.15, 0.2) is 36.5 Å². The summed E-state index contributed by atoms with van der Waals surface area (Å²) in [5.41, 5.74) is 3.42. The van der Waals surface area contributed by atoms with E-state index in [2.05, 4.69) is 16.4 Å². The standard InChI is InChI=1S/C15H17ClN2O/c1-11-3-4-12(7-14(11)16)9-17-10-13-5-6-18-15(8-13)19-2/h3-8,17H,9-10H2,1-2H3. The molecule has 2 rings (SSSR count). The number of nitrogens with zero attached hydrogens (tertiary/aromatic N) is 1. The molecule has 0 unspecified atom stereocenters. The SMILES string of the molecule is COc1cc(CNCc2ccc(C)c(Cl)c2)ccn1. The molecular formula is C15H17ClN2O. The number of benzene rings is 1. The molecule has 0 spiro atoms. The lowest BCUT2D eigenvalue weighted by Gasteiger charge is -2.07. The molecule has 1 aromatic carbocycles. The van der Waals surface area contributed by atoms with E-state index in [4.69, 9.17) is 16.3 Å². The fraction of sp³-hybridized carbons (Fsp3) is 0.267. The average molecular weight is 277 g/mol. The summed E-state index contributed by atoms with van der Waals surface area (Å²) in [7, 11) is 1.62. The highest BCUT2D eigenvalue weighted by molar-refractivity contribution is 6.31. The van der Waals surface area contributed by atoms with E-state index in [-0.39, 0.29) is 0 Å². The zero-order chi connectivity index (χ0) is 13.7. The zero-order valence-corrected chi connectivity index (χ0v) is 11.9. The van der Waals surface area contributed by atoms with Crippen molar-refractivity contribution in [1.29, 1.82) is 0 Å². The van der Waals surface area contributed by atoms with Gasteiger partial charge >= 0.3 is 0 Å². The van der Waals surface area contributed by atoms with Crippen molar-refractivity contribution in [3.63, 3.8) is 0 Å². The number of halogens is 1. The minimum absolute atomic E-state index is 0.637. The van der Waals surface area contributed by atoms with Gasteiger partial charge in [-0.3, -0.25) is 0 Å². The quantitative estimate of drug-likeness (QED) is 0.909. The maximum absolute atomic E-state index is 6.10. The Morgan fingerprint density at radius 2 is 1.89 bits per heavy atom. The lowest BCUT2D eigenvalue weighted by molar-refractivity contribution is 0.397. The third kappa shape index (κ3) is 3.94. The lowest BCUT2D eigenvalue weighted by atomic mass is 10.1. The fourth-order valence-corrected chi connectivity index (χ4v) is 1.97. The van der Waals surface area contributed by atoms with Gasteiger partial charge in [0.05, 0.1) is 7.11 Å². The number of aromatic nitrogens is 1. The summed E-state index contributed by atoms with van der Waals surface area (Å²) in [4.78, 5) is 4.08. The van der Waals surface area contributed by atoms with Crippen LogP contribution in [0, 0.1) is 6.92 Å². The molecule has 0 amide bonds. The Hall–Kier alpha value is -1.58. The maximum atomic E-state index is 6.10. The number of pyridine rings is 1. The molecule has 2 aromatic rings. The second-order valence-electron chi connectivity index (χ2n) is 4.39. The number of hydrogen-bond acceptors (Lipinski definition) is 3. The van der Waals surface area contributed by atoms with Gasteiger partial charge in [-0.1, -0.05) is 23.7 Å². The van der Waals surface area contributed by atoms with Crippen molar-refractivity contribution in [2.45, 2.75) is 20.0 Å². The third-order valence-electron chi connectivity index (χ3n) is 2.90. The second kappa shape index (κ2) is 6.55. The second-order valence-corrected chi connectivity index (χ2v) is 4.80. The minimum atomic E-state index is 0.637. The molecule has 0 fully saturated rings. The van der Waals surface area contributed by atoms with Crippen LogP contribution in [0.5, 0.6) is 5.88 Å². The Bertz CT molecular complexity index is 558. The highest BCUT2D eigenvalue weighted by Gasteiger charge is 1.99. The van der Waals surface area contributed by atoms with Crippen molar-refractivity contribution in [2.75, 3.05) is 7.11 Å². The first-order valence-electron chi connectivity index (χ1n) is 6.13. The summed E-state index contributed by atoms with van der Waals surface area (Å²) in [5, 5.41) is 4.18. The van der Waals surface area contributed by atoms with Gasteiger partial charge in [-0.15, -0.1) is 0 Å². The lowest BCUT2D eigenvalue weighted by Crippen LogP contribution is -2.12. The summed E-state index contributed by atoms with van der Waals surface area (Å²) in [6, 6.07) is 10.0. The Morgan fingerprint density at radius 1 is 1.16 bits per heavy atom. The first kappa shape index (κ1) is 13.8. The van der Waals surface area contributed by atoms with Crippen LogP contribution < -0.4 is 10.1 Å². The van der Waals surface area contributed by atoms with Crippen LogP contribution in [-0.4, -0.2) is 12.1 Å². The number of aryl methyl sites for hydroxylation is 1. The van der Waals surface area contributed by atoms with Gasteiger partial charge in [0.25, 0.3) is 0 Å². The van der Waals surface area contributed by atoms with E-state index < -0.39 is 0 Å². The van der Waals surface area contributed by atoms with E-state index in [0.717, 1.165) is 29.2 Å². The van der Waals surface area contributed by atoms with Gasteiger partial charge in [-0.2, -0.15) is 0 Å². The highest BCUT2D eigenvalue weighted by Crippen LogP contribution is 2.16. The van der Waals surface area contributed by atoms with Crippen LogP contribution in [-0.2, 0) is 13.1 Å². The predicted octanol–water partition coefficient (Wildman–Crippen LogP) is 3.34. The Balaban J connectivity index is 1.90. The van der Waals surface area contributed by atoms with Crippen LogP contribution in [0.1, 0.15) is 16.7 Å². The smallest absolute Gasteiger partial charge is 0.213 e. The molecule has 1 heterocycles. The van der Waals surface area contributed by atoms with Crippen LogP contribution in [0.4, 0.5) is 0 Å². The first-order valence-corrected chi connectivity index (χ1v) is 6.51. The molecule has 1 N–H and O–H groups in total. The van der Waals surface area contributed by atoms with Gasteiger partial charge in [0.15, 0.2) is 0 Å². The van der Waals surface area contributed by atoms with Crippen LogP contribution in [0.2, 0.25) is 5.02 Å². The molecule has 4 heteroatoms. The van der Waals surface area contributed by atoms with Crippen molar-refractivity contribution < 1.29 is 4.74 Å². The molecule has 0 aliphatic carbocycles. The van der Waals surface area contributed by atoms with E-state index >= 15 is 0 Å². The molecule has 0 aliphatic heterocycles. The topological polar surface area (TPSA) is 34.1 Å². The van der Waals surface area contributed by atoms with Gasteiger partial charge in [0.2, 0.25) is 5.88 Å². The molecular weight excluding hydrogens is 260 g/mol. The summed E-state index contributed by atoms with van der Waals surface area (Å²) in [6.45, 7) is 3.55. The van der Waals surface area contributed by atoms with Crippen molar-refractivity contribution in [3.8, 4) is 5.88 Å². The summed E-state index contributed by atoms with van der Waals surface area (Å²) in [5.74, 6) is 0.637. The zero-order valence-electron chi connectivity index (χ0n) is 11.1. The average Bonchev–Trinajstić information content (AvgIpc) is 2.43. The van der Waals surface area contributed by atoms with Gasteiger partial charge in [0.1, 0.15) is 0 Å². The van der Waals surface area contributed by atoms with Crippen molar-refractivity contribution in [2.24, 2.45) is 0 Å². The van der Waals surface area contributed by atoms with Gasteiger partial charge < -0.3 is 10.1 Å². The van der Waals surface area contributed by atoms with Crippen LogP contribution in [0.3, 0.4) is 0 Å². The molecule has 0 saturated carbocycles. The molecule has 0 atom stereocenters. The number of hydrogen-bond donors (Lipinski definition) is 1. The summed E-state index contributed by atoms with van der Waals surface area (Å²) >= 11 is 6.10. The number of ether oxygens (including phenoxy) is 1. The molecule has 1 aromatic heterocycles. The molecule has 19 heavy (non-hydrogen) atoms. The maximum Gasteiger partial charge on any atom is 0.213 e. The number of methoxy groups -OCH3 is 1. The number of rotatable bonds is 5. The molecule has 0 saturated heterocycles. The first-order chi connectivity index (χ1) is 9.19. The van der Waals surface area contributed by atoms with E-state index in [1.54, 1.807) is 13.3 Å². The van der Waals surface area contributed by atoms with Crippen LogP contribution >= 0.6 is 11.6 Å². The van der Waals surface area contributed by atoms with Gasteiger partial charge in [-0.05, 0) is 35.7 Å². The Kier molecular flexibility index (Phi) is 4.77. The molecule has 100 valence electrons. The molecule has 0 radical (unpaired) electrons. The normalized spacial score (nSPS) is 10.5. The van der Waals surface area contributed by atoms with E-state index in [0.29, 0.717) is 5.88 Å². The third-order valence-corrected chi connectivity index (χ3v) is 3.31. The Morgan fingerprint density at radius 3 is 2.58 bits per heavy atom. The van der Waals surface area contributed by atoms with E-state index in [1.165, 1.54) is 5.56 Å². The largest absolute Gasteiger partial charge is 0.481 e. The van der Waals surface area contributed by atoms with Crippen molar-refractivity contribution >= 4 is 11.6 Å². The summed E-state index contributed by atoms with van der Waals surface area (Å²) in [6.07, 6.45) is 1.75. The van der Waals surface area contributed by atoms with Crippen molar-refractivity contribution in [1.82, 2.24) is 10.3 Å². The fourth-order valence-electron chi connectivity index (χ4n) is 1.77. The van der Waals surface area contributed by atoms with Gasteiger partial charge in [0, 0.05) is 30.4 Å². The summed E-state index contributed by atoms with van der Waals surface area (Å²) < 4.78 is 5.09. The predicted molar refractivity (Wildman–Crippen MR) is 77.5 cm³/mol. The van der Waals surface area contributed by atoms with E-state index in [9.17, 15) is 0 Å². The van der Waals surface area contributed by atoms with Gasteiger partial charge in [-0.25, -0.2) is 4.98 Å². The molecule has 3 nitrogen and oxygen atoms in total. The molecule has 0 aliphatic rings. The van der Waals surface area contributed by atoms with Crippen molar-refractivity contribution in [3.05, 3.63) is 58.2 Å².